The topological polar surface area (TPSA) is 38.7 Å². The number of methoxy groups -OCH3 is 1. The van der Waals surface area contributed by atoms with Crippen molar-refractivity contribution in [3.63, 3.8) is 0 Å². The van der Waals surface area contributed by atoms with E-state index in [0.29, 0.717) is 6.61 Å². The molecule has 0 radical (unpaired) electrons. The Morgan fingerprint density at radius 1 is 0.656 bits per heavy atom. The normalized spacial score (nSPS) is 11.4. The summed E-state index contributed by atoms with van der Waals surface area (Å²) >= 11 is 0. The van der Waals surface area contributed by atoms with Crippen LogP contribution in [0, 0.1) is 26.7 Å². The van der Waals surface area contributed by atoms with E-state index < -0.39 is 0 Å². The van der Waals surface area contributed by atoms with E-state index in [9.17, 15) is 0 Å². The van der Waals surface area contributed by atoms with Gasteiger partial charge in [-0.1, -0.05) is 90.9 Å². The quantitative estimate of drug-likeness (QED) is 0.216. The first kappa shape index (κ1) is 28.8. The maximum atomic E-state index is 9.15. The summed E-state index contributed by atoms with van der Waals surface area (Å²) in [6, 6.07) is 0. The number of rotatable bonds is 19. The molecule has 0 aliphatic heterocycles. The number of hydrogen-bond donors (Lipinski definition) is 1. The average Bonchev–Trinajstić information content (AvgIpc) is 2.77. The van der Waals surface area contributed by atoms with Crippen LogP contribution in [0.3, 0.4) is 0 Å². The van der Waals surface area contributed by atoms with Gasteiger partial charge in [-0.2, -0.15) is 0 Å². The van der Waals surface area contributed by atoms with E-state index in [4.69, 9.17) is 14.6 Å². The number of unbranched alkanes of at least 4 members (excludes halogenated alkanes) is 11. The third-order valence-corrected chi connectivity index (χ3v) is 6.81. The molecule has 0 atom stereocenters. The van der Waals surface area contributed by atoms with Crippen molar-refractivity contribution in [2.45, 2.75) is 125 Å². The summed E-state index contributed by atoms with van der Waals surface area (Å²) in [5.74, 6) is 2.80. The summed E-state index contributed by atoms with van der Waals surface area (Å²) in [6.45, 7) is 11.3. The maximum absolute atomic E-state index is 9.15. The fourth-order valence-electron chi connectivity index (χ4n) is 4.72. The van der Waals surface area contributed by atoms with Gasteiger partial charge in [0.1, 0.15) is 18.1 Å². The van der Waals surface area contributed by atoms with Gasteiger partial charge in [-0.05, 0) is 56.2 Å². The Balaban J connectivity index is 2.24. The first-order chi connectivity index (χ1) is 15.4. The number of aliphatic hydroxyl groups is 1. The van der Waals surface area contributed by atoms with Gasteiger partial charge < -0.3 is 14.6 Å². The molecule has 3 heteroatoms. The number of aliphatic hydroxyl groups excluding tert-OH is 1. The third kappa shape index (κ3) is 10.6. The lowest BCUT2D eigenvalue weighted by atomic mass is 9.93. The fourth-order valence-corrected chi connectivity index (χ4v) is 4.72. The molecule has 1 aromatic rings. The van der Waals surface area contributed by atoms with Crippen LogP contribution in [0.1, 0.15) is 120 Å². The predicted octanol–water partition coefficient (Wildman–Crippen LogP) is 8.26. The zero-order valence-electron chi connectivity index (χ0n) is 22.2. The van der Waals surface area contributed by atoms with Crippen LogP contribution in [-0.2, 0) is 6.42 Å². The lowest BCUT2D eigenvalue weighted by molar-refractivity contribution is 0.199. The standard InChI is InChI=1S/C29H52O3/c1-23(2)19-17-15-13-11-9-7-8-10-12-14-16-18-20-27-26(5)28(32-22-21-30)24(3)25(4)29(27)31-6/h23,30H,7-22H2,1-6H3. The fraction of sp³-hybridized carbons (Fsp3) is 0.793. The molecule has 0 aromatic heterocycles. The highest BCUT2D eigenvalue weighted by atomic mass is 16.5. The molecule has 1 rings (SSSR count). The summed E-state index contributed by atoms with van der Waals surface area (Å²) < 4.78 is 11.6. The molecule has 1 N–H and O–H groups in total. The van der Waals surface area contributed by atoms with E-state index >= 15 is 0 Å². The van der Waals surface area contributed by atoms with Crippen molar-refractivity contribution in [1.82, 2.24) is 0 Å². The zero-order chi connectivity index (χ0) is 23.8. The maximum Gasteiger partial charge on any atom is 0.126 e. The summed E-state index contributed by atoms with van der Waals surface area (Å²) in [7, 11) is 1.77. The van der Waals surface area contributed by atoms with Crippen molar-refractivity contribution in [3.05, 3.63) is 22.3 Å². The van der Waals surface area contributed by atoms with Gasteiger partial charge >= 0.3 is 0 Å². The van der Waals surface area contributed by atoms with Crippen LogP contribution in [-0.4, -0.2) is 25.4 Å². The van der Waals surface area contributed by atoms with E-state index in [1.807, 2.05) is 0 Å². The minimum atomic E-state index is 0.0393. The SMILES string of the molecule is COc1c(C)c(C)c(OCCO)c(C)c1CCCCCCCCCCCCCCC(C)C. The molecule has 0 aliphatic rings. The minimum Gasteiger partial charge on any atom is -0.496 e. The predicted molar refractivity (Wildman–Crippen MR) is 138 cm³/mol. The van der Waals surface area contributed by atoms with Crippen LogP contribution < -0.4 is 9.47 Å². The van der Waals surface area contributed by atoms with Gasteiger partial charge in [-0.25, -0.2) is 0 Å². The van der Waals surface area contributed by atoms with Gasteiger partial charge in [-0.3, -0.25) is 0 Å². The van der Waals surface area contributed by atoms with Crippen molar-refractivity contribution in [2.24, 2.45) is 5.92 Å². The van der Waals surface area contributed by atoms with Gasteiger partial charge in [0.2, 0.25) is 0 Å². The molecule has 0 heterocycles. The van der Waals surface area contributed by atoms with Crippen molar-refractivity contribution in [2.75, 3.05) is 20.3 Å². The van der Waals surface area contributed by atoms with Crippen LogP contribution in [0.5, 0.6) is 11.5 Å². The lowest BCUT2D eigenvalue weighted by Crippen LogP contribution is -2.08. The highest BCUT2D eigenvalue weighted by molar-refractivity contribution is 5.58. The molecule has 0 fully saturated rings. The van der Waals surface area contributed by atoms with E-state index in [1.165, 1.54) is 94.6 Å². The van der Waals surface area contributed by atoms with Crippen LogP contribution in [0.15, 0.2) is 0 Å². The average molecular weight is 449 g/mol. The Morgan fingerprint density at radius 2 is 1.12 bits per heavy atom. The van der Waals surface area contributed by atoms with E-state index in [1.54, 1.807) is 7.11 Å². The van der Waals surface area contributed by atoms with Crippen molar-refractivity contribution < 1.29 is 14.6 Å². The molecule has 0 amide bonds. The summed E-state index contributed by atoms with van der Waals surface area (Å²) in [5, 5.41) is 9.15. The van der Waals surface area contributed by atoms with Gasteiger partial charge in [0.05, 0.1) is 13.7 Å². The lowest BCUT2D eigenvalue weighted by Gasteiger charge is -2.21. The summed E-state index contributed by atoms with van der Waals surface area (Å²) in [4.78, 5) is 0. The van der Waals surface area contributed by atoms with Crippen LogP contribution in [0.4, 0.5) is 0 Å². The molecule has 32 heavy (non-hydrogen) atoms. The van der Waals surface area contributed by atoms with Gasteiger partial charge in [0.25, 0.3) is 0 Å². The van der Waals surface area contributed by atoms with Gasteiger partial charge in [0.15, 0.2) is 0 Å². The van der Waals surface area contributed by atoms with E-state index in [2.05, 4.69) is 34.6 Å². The number of ether oxygens (including phenoxy) is 2. The Morgan fingerprint density at radius 3 is 1.59 bits per heavy atom. The second kappa shape index (κ2) is 17.3. The zero-order valence-corrected chi connectivity index (χ0v) is 22.2. The molecular weight excluding hydrogens is 396 g/mol. The first-order valence-electron chi connectivity index (χ1n) is 13.3. The molecule has 186 valence electrons. The summed E-state index contributed by atoms with van der Waals surface area (Å²) in [5.41, 5.74) is 4.72. The number of benzene rings is 1. The minimum absolute atomic E-state index is 0.0393. The Hall–Kier alpha value is -1.22. The van der Waals surface area contributed by atoms with Crippen molar-refractivity contribution in [1.29, 1.82) is 0 Å². The molecule has 0 bridgehead atoms. The molecule has 0 saturated heterocycles. The molecule has 0 spiro atoms. The number of hydrogen-bond acceptors (Lipinski definition) is 3. The first-order valence-corrected chi connectivity index (χ1v) is 13.3. The third-order valence-electron chi connectivity index (χ3n) is 6.81. The van der Waals surface area contributed by atoms with E-state index in [-0.39, 0.29) is 6.61 Å². The highest BCUT2D eigenvalue weighted by Crippen LogP contribution is 2.38. The molecule has 0 saturated carbocycles. The Labute approximate surface area is 199 Å². The molecule has 1 aromatic carbocycles. The molecule has 0 unspecified atom stereocenters. The van der Waals surface area contributed by atoms with Gasteiger partial charge in [0, 0.05) is 5.56 Å². The van der Waals surface area contributed by atoms with Crippen LogP contribution >= 0.6 is 0 Å². The highest BCUT2D eigenvalue weighted by Gasteiger charge is 2.18. The van der Waals surface area contributed by atoms with Crippen LogP contribution in [0.2, 0.25) is 0 Å². The Bertz CT molecular complexity index is 622. The van der Waals surface area contributed by atoms with Crippen LogP contribution in [0.25, 0.3) is 0 Å². The van der Waals surface area contributed by atoms with Crippen molar-refractivity contribution in [3.8, 4) is 11.5 Å². The molecular formula is C29H52O3. The van der Waals surface area contributed by atoms with Crippen molar-refractivity contribution >= 4 is 0 Å². The molecule has 3 nitrogen and oxygen atoms in total. The molecule has 0 aliphatic carbocycles. The van der Waals surface area contributed by atoms with Gasteiger partial charge in [-0.15, -0.1) is 0 Å². The monoisotopic (exact) mass is 448 g/mol. The summed E-state index contributed by atoms with van der Waals surface area (Å²) in [6.07, 6.45) is 18.9. The largest absolute Gasteiger partial charge is 0.496 e. The Kier molecular flexibility index (Phi) is 15.6. The second-order valence-electron chi connectivity index (χ2n) is 9.96. The second-order valence-corrected chi connectivity index (χ2v) is 9.96. The van der Waals surface area contributed by atoms with E-state index in [0.717, 1.165) is 35.0 Å². The smallest absolute Gasteiger partial charge is 0.126 e.